The molecule has 1 unspecified atom stereocenters. The van der Waals surface area contributed by atoms with E-state index in [0.717, 1.165) is 38.8 Å². The minimum atomic E-state index is 0.387. The summed E-state index contributed by atoms with van der Waals surface area (Å²) in [6, 6.07) is 1.25. The van der Waals surface area contributed by atoms with Crippen molar-refractivity contribution in [3.05, 3.63) is 0 Å². The van der Waals surface area contributed by atoms with Crippen LogP contribution in [-0.4, -0.2) is 36.0 Å². The zero-order valence-electron chi connectivity index (χ0n) is 12.7. The van der Waals surface area contributed by atoms with E-state index in [0.29, 0.717) is 23.9 Å². The topological polar surface area (TPSA) is 32.3 Å². The molecule has 110 valence electrons. The van der Waals surface area contributed by atoms with Crippen molar-refractivity contribution in [3.63, 3.8) is 0 Å². The van der Waals surface area contributed by atoms with Crippen LogP contribution in [0.1, 0.15) is 65.2 Å². The molecule has 0 radical (unpaired) electrons. The molecule has 0 aromatic rings. The molecule has 1 atom stereocenters. The number of carbonyl (C=O) groups excluding carboxylic acids is 1. The van der Waals surface area contributed by atoms with Crippen molar-refractivity contribution in [2.24, 2.45) is 5.92 Å². The number of unbranched alkanes of at least 4 members (excludes halogenated alkanes) is 2. The smallest absolute Gasteiger partial charge is 0.225 e. The molecule has 1 heterocycles. The summed E-state index contributed by atoms with van der Waals surface area (Å²) in [4.78, 5) is 14.1. The van der Waals surface area contributed by atoms with Crippen LogP contribution < -0.4 is 5.32 Å². The van der Waals surface area contributed by atoms with Gasteiger partial charge in [0.2, 0.25) is 5.91 Å². The predicted octanol–water partition coefficient (Wildman–Crippen LogP) is 2.95. The normalized spacial score (nSPS) is 22.5. The van der Waals surface area contributed by atoms with Crippen LogP contribution in [0.4, 0.5) is 0 Å². The molecule has 3 nitrogen and oxygen atoms in total. The molecule has 2 rings (SSSR count). The van der Waals surface area contributed by atoms with Crippen LogP contribution in [0.25, 0.3) is 0 Å². The van der Waals surface area contributed by atoms with Crippen LogP contribution in [0.15, 0.2) is 0 Å². The van der Waals surface area contributed by atoms with Gasteiger partial charge in [-0.25, -0.2) is 0 Å². The summed E-state index contributed by atoms with van der Waals surface area (Å²) >= 11 is 0. The fourth-order valence-electron chi connectivity index (χ4n) is 3.04. The van der Waals surface area contributed by atoms with Crippen LogP contribution >= 0.6 is 0 Å². The molecule has 2 aliphatic rings. The lowest BCUT2D eigenvalue weighted by Gasteiger charge is -2.34. The van der Waals surface area contributed by atoms with Gasteiger partial charge in [-0.2, -0.15) is 0 Å². The van der Waals surface area contributed by atoms with Crippen molar-refractivity contribution in [2.75, 3.05) is 13.1 Å². The summed E-state index contributed by atoms with van der Waals surface area (Å²) in [6.45, 7) is 6.49. The Morgan fingerprint density at radius 2 is 1.89 bits per heavy atom. The Labute approximate surface area is 118 Å². The Morgan fingerprint density at radius 3 is 2.47 bits per heavy atom. The van der Waals surface area contributed by atoms with Gasteiger partial charge in [0.1, 0.15) is 0 Å². The predicted molar refractivity (Wildman–Crippen MR) is 79.1 cm³/mol. The van der Waals surface area contributed by atoms with Crippen LogP contribution in [0.3, 0.4) is 0 Å². The summed E-state index contributed by atoms with van der Waals surface area (Å²) in [5, 5.41) is 3.74. The molecule has 1 aliphatic heterocycles. The van der Waals surface area contributed by atoms with Gasteiger partial charge in [0.05, 0.1) is 0 Å². The number of amides is 1. The Balaban J connectivity index is 1.61. The highest BCUT2D eigenvalue weighted by Gasteiger charge is 2.34. The van der Waals surface area contributed by atoms with Crippen molar-refractivity contribution in [2.45, 2.75) is 77.3 Å². The van der Waals surface area contributed by atoms with Crippen molar-refractivity contribution in [1.29, 1.82) is 0 Å². The zero-order chi connectivity index (χ0) is 13.7. The first-order valence-corrected chi connectivity index (χ1v) is 8.25. The molecule has 0 bridgehead atoms. The lowest BCUT2D eigenvalue weighted by molar-refractivity contribution is -0.133. The highest BCUT2D eigenvalue weighted by atomic mass is 16.2. The standard InChI is InChI=1S/C16H30N2O/c1-3-4-5-6-13(2)17-15-9-11-18(12-10-15)16(19)14-7-8-14/h13-15,17H,3-12H2,1-2H3. The quantitative estimate of drug-likeness (QED) is 0.719. The van der Waals surface area contributed by atoms with Crippen LogP contribution in [0.2, 0.25) is 0 Å². The maximum Gasteiger partial charge on any atom is 0.225 e. The molecule has 2 fully saturated rings. The number of hydrogen-bond donors (Lipinski definition) is 1. The van der Waals surface area contributed by atoms with Crippen LogP contribution in [0, 0.1) is 5.92 Å². The van der Waals surface area contributed by atoms with E-state index >= 15 is 0 Å². The molecular weight excluding hydrogens is 236 g/mol. The lowest BCUT2D eigenvalue weighted by atomic mass is 10.0. The number of carbonyl (C=O) groups is 1. The molecule has 3 heteroatoms. The lowest BCUT2D eigenvalue weighted by Crippen LogP contribution is -2.47. The third-order valence-electron chi connectivity index (χ3n) is 4.49. The minimum absolute atomic E-state index is 0.387. The Kier molecular flexibility index (Phi) is 5.68. The third kappa shape index (κ3) is 4.79. The van der Waals surface area contributed by atoms with E-state index < -0.39 is 0 Å². The van der Waals surface area contributed by atoms with Crippen molar-refractivity contribution in [3.8, 4) is 0 Å². The van der Waals surface area contributed by atoms with Crippen molar-refractivity contribution < 1.29 is 4.79 Å². The van der Waals surface area contributed by atoms with Crippen LogP contribution in [-0.2, 0) is 4.79 Å². The van der Waals surface area contributed by atoms with Gasteiger partial charge in [-0.3, -0.25) is 4.79 Å². The van der Waals surface area contributed by atoms with E-state index in [2.05, 4.69) is 24.1 Å². The average Bonchev–Trinajstić information content (AvgIpc) is 3.23. The molecule has 0 aromatic heterocycles. The second-order valence-corrected chi connectivity index (χ2v) is 6.44. The van der Waals surface area contributed by atoms with E-state index in [-0.39, 0.29) is 0 Å². The summed E-state index contributed by atoms with van der Waals surface area (Å²) in [5.41, 5.74) is 0. The first kappa shape index (κ1) is 14.8. The van der Waals surface area contributed by atoms with Crippen molar-refractivity contribution >= 4 is 5.91 Å². The highest BCUT2D eigenvalue weighted by Crippen LogP contribution is 2.31. The molecular formula is C16H30N2O. The SMILES string of the molecule is CCCCCC(C)NC1CCN(C(=O)C2CC2)CC1. The third-order valence-corrected chi connectivity index (χ3v) is 4.49. The van der Waals surface area contributed by atoms with Gasteiger partial charge >= 0.3 is 0 Å². The van der Waals surface area contributed by atoms with E-state index in [9.17, 15) is 4.79 Å². The number of hydrogen-bond acceptors (Lipinski definition) is 2. The van der Waals surface area contributed by atoms with E-state index in [4.69, 9.17) is 0 Å². The van der Waals surface area contributed by atoms with Crippen LogP contribution in [0.5, 0.6) is 0 Å². The van der Waals surface area contributed by atoms with Gasteiger partial charge in [0.25, 0.3) is 0 Å². The van der Waals surface area contributed by atoms with Gasteiger partial charge in [0, 0.05) is 31.1 Å². The molecule has 19 heavy (non-hydrogen) atoms. The molecule has 0 aromatic carbocycles. The maximum atomic E-state index is 12.0. The first-order chi connectivity index (χ1) is 9.20. The average molecular weight is 266 g/mol. The Hall–Kier alpha value is -0.570. The molecule has 0 spiro atoms. The van der Waals surface area contributed by atoms with E-state index in [1.54, 1.807) is 0 Å². The Morgan fingerprint density at radius 1 is 1.21 bits per heavy atom. The fourth-order valence-corrected chi connectivity index (χ4v) is 3.04. The molecule has 1 N–H and O–H groups in total. The van der Waals surface area contributed by atoms with Gasteiger partial charge < -0.3 is 10.2 Å². The summed E-state index contributed by atoms with van der Waals surface area (Å²) < 4.78 is 0. The monoisotopic (exact) mass is 266 g/mol. The molecule has 1 aliphatic carbocycles. The number of likely N-dealkylation sites (tertiary alicyclic amines) is 1. The van der Waals surface area contributed by atoms with Gasteiger partial charge in [-0.15, -0.1) is 0 Å². The molecule has 1 saturated heterocycles. The molecule has 1 saturated carbocycles. The van der Waals surface area contributed by atoms with Gasteiger partial charge in [0.15, 0.2) is 0 Å². The second kappa shape index (κ2) is 7.28. The Bertz CT molecular complexity index is 280. The largest absolute Gasteiger partial charge is 0.342 e. The van der Waals surface area contributed by atoms with Gasteiger partial charge in [-0.1, -0.05) is 26.2 Å². The van der Waals surface area contributed by atoms with E-state index in [1.807, 2.05) is 0 Å². The first-order valence-electron chi connectivity index (χ1n) is 8.25. The highest BCUT2D eigenvalue weighted by molar-refractivity contribution is 5.81. The second-order valence-electron chi connectivity index (χ2n) is 6.44. The summed E-state index contributed by atoms with van der Waals surface area (Å²) in [5.74, 6) is 0.812. The number of piperidine rings is 1. The number of nitrogens with zero attached hydrogens (tertiary/aromatic N) is 1. The number of rotatable bonds is 7. The summed E-state index contributed by atoms with van der Waals surface area (Å²) in [6.07, 6.45) is 9.80. The number of nitrogens with one attached hydrogen (secondary N) is 1. The zero-order valence-corrected chi connectivity index (χ0v) is 12.7. The minimum Gasteiger partial charge on any atom is -0.342 e. The fraction of sp³-hybridized carbons (Fsp3) is 0.938. The maximum absolute atomic E-state index is 12.0. The van der Waals surface area contributed by atoms with E-state index in [1.165, 1.54) is 25.7 Å². The molecule has 1 amide bonds. The van der Waals surface area contributed by atoms with Gasteiger partial charge in [-0.05, 0) is 39.0 Å². The van der Waals surface area contributed by atoms with Crippen molar-refractivity contribution in [1.82, 2.24) is 10.2 Å². The summed E-state index contributed by atoms with van der Waals surface area (Å²) in [7, 11) is 0.